The van der Waals surface area contributed by atoms with Crippen LogP contribution in [0.2, 0.25) is 5.28 Å². The van der Waals surface area contributed by atoms with Gasteiger partial charge >= 0.3 is 0 Å². The third-order valence-corrected chi connectivity index (χ3v) is 3.74. The molecule has 0 bridgehead atoms. The Morgan fingerprint density at radius 3 is 2.58 bits per heavy atom. The lowest BCUT2D eigenvalue weighted by Crippen LogP contribution is -1.97. The van der Waals surface area contributed by atoms with E-state index in [4.69, 9.17) is 21.6 Å². The summed E-state index contributed by atoms with van der Waals surface area (Å²) in [5.74, 6) is 1.06. The van der Waals surface area contributed by atoms with Crippen LogP contribution < -0.4 is 4.74 Å². The summed E-state index contributed by atoms with van der Waals surface area (Å²) in [7, 11) is 0. The molecule has 1 aromatic carbocycles. The van der Waals surface area contributed by atoms with Crippen molar-refractivity contribution in [3.63, 3.8) is 0 Å². The second-order valence-electron chi connectivity index (χ2n) is 5.38. The average Bonchev–Trinajstić information content (AvgIpc) is 2.89. The number of aryl methyl sites for hydroxylation is 3. The first-order valence-electron chi connectivity index (χ1n) is 7.23. The predicted molar refractivity (Wildman–Crippen MR) is 92.1 cm³/mol. The van der Waals surface area contributed by atoms with Crippen LogP contribution in [-0.2, 0) is 0 Å². The van der Waals surface area contributed by atoms with E-state index in [2.05, 4.69) is 20.2 Å². The predicted octanol–water partition coefficient (Wildman–Crippen LogP) is 4.26. The maximum Gasteiger partial charge on any atom is 0.235 e. The second kappa shape index (κ2) is 6.30. The monoisotopic (exact) mass is 339 g/mol. The van der Waals surface area contributed by atoms with Gasteiger partial charge in [-0.25, -0.2) is 0 Å². The van der Waals surface area contributed by atoms with Crippen molar-refractivity contribution in [3.05, 3.63) is 45.9 Å². The summed E-state index contributed by atoms with van der Waals surface area (Å²) < 4.78 is 6.05. The Kier molecular flexibility index (Phi) is 4.19. The third kappa shape index (κ3) is 2.94. The van der Waals surface area contributed by atoms with Crippen molar-refractivity contribution < 1.29 is 4.74 Å². The molecule has 0 aliphatic rings. The molecular formula is C17H14ClN5O. The van der Waals surface area contributed by atoms with E-state index < -0.39 is 0 Å². The van der Waals surface area contributed by atoms with Gasteiger partial charge in [0.15, 0.2) is 5.65 Å². The molecule has 0 atom stereocenters. The minimum atomic E-state index is 0.0880. The molecule has 1 N–H and O–H groups in total. The number of fused-ring (bicyclic) bond motifs is 1. The molecule has 2 aromatic heterocycles. The minimum Gasteiger partial charge on any atom is -0.438 e. The molecule has 0 saturated heterocycles. The van der Waals surface area contributed by atoms with E-state index in [0.29, 0.717) is 22.7 Å². The molecule has 0 saturated carbocycles. The maximum atomic E-state index is 8.65. The summed E-state index contributed by atoms with van der Waals surface area (Å²) >= 11 is 5.97. The number of rotatable bonds is 3. The number of nitrogens with one attached hydrogen (secondary N) is 1. The lowest BCUT2D eigenvalue weighted by molar-refractivity contribution is 0.461. The SMILES string of the molecule is Cc1cc(/C=C/C#N)cc(C)c1Oc1nc(Cl)nc2[nH]nc(C)c12. The Balaban J connectivity index is 2.08. The van der Waals surface area contributed by atoms with Crippen LogP contribution in [0.1, 0.15) is 22.4 Å². The van der Waals surface area contributed by atoms with Gasteiger partial charge in [0, 0.05) is 6.08 Å². The van der Waals surface area contributed by atoms with Crippen LogP contribution in [0, 0.1) is 32.1 Å². The van der Waals surface area contributed by atoms with Gasteiger partial charge in [0.1, 0.15) is 11.1 Å². The highest BCUT2D eigenvalue weighted by Gasteiger charge is 2.16. The Hall–Kier alpha value is -2.91. The van der Waals surface area contributed by atoms with Crippen LogP contribution in [-0.4, -0.2) is 20.2 Å². The molecule has 120 valence electrons. The van der Waals surface area contributed by atoms with Crippen molar-refractivity contribution in [1.29, 1.82) is 5.26 Å². The van der Waals surface area contributed by atoms with E-state index >= 15 is 0 Å². The maximum absolute atomic E-state index is 8.65. The molecule has 6 nitrogen and oxygen atoms in total. The molecule has 2 heterocycles. The number of nitrogens with zero attached hydrogens (tertiary/aromatic N) is 4. The van der Waals surface area contributed by atoms with E-state index in [1.807, 2.05) is 39.0 Å². The van der Waals surface area contributed by atoms with E-state index in [1.165, 1.54) is 6.08 Å². The van der Waals surface area contributed by atoms with Crippen LogP contribution in [0.15, 0.2) is 18.2 Å². The summed E-state index contributed by atoms with van der Waals surface area (Å²) in [5, 5.41) is 16.4. The quantitative estimate of drug-likeness (QED) is 0.569. The van der Waals surface area contributed by atoms with E-state index in [9.17, 15) is 0 Å². The molecule has 3 rings (SSSR count). The zero-order valence-electron chi connectivity index (χ0n) is 13.4. The van der Waals surface area contributed by atoms with Crippen LogP contribution in [0.5, 0.6) is 11.6 Å². The van der Waals surface area contributed by atoms with Gasteiger partial charge in [-0.2, -0.15) is 20.3 Å². The summed E-state index contributed by atoms with van der Waals surface area (Å²) in [4.78, 5) is 8.31. The molecule has 0 spiro atoms. The Morgan fingerprint density at radius 1 is 1.21 bits per heavy atom. The molecule has 24 heavy (non-hydrogen) atoms. The Bertz CT molecular complexity index is 977. The highest BCUT2D eigenvalue weighted by atomic mass is 35.5. The van der Waals surface area contributed by atoms with Gasteiger partial charge in [0.25, 0.3) is 0 Å². The number of allylic oxidation sites excluding steroid dienone is 1. The fourth-order valence-electron chi connectivity index (χ4n) is 2.56. The summed E-state index contributed by atoms with van der Waals surface area (Å²) in [6.45, 7) is 5.72. The highest BCUT2D eigenvalue weighted by Crippen LogP contribution is 2.34. The lowest BCUT2D eigenvalue weighted by Gasteiger charge is -2.13. The van der Waals surface area contributed by atoms with Crippen molar-refractivity contribution in [2.24, 2.45) is 0 Å². The van der Waals surface area contributed by atoms with Crippen LogP contribution in [0.4, 0.5) is 0 Å². The van der Waals surface area contributed by atoms with Crippen LogP contribution in [0.3, 0.4) is 0 Å². The topological polar surface area (TPSA) is 87.5 Å². The van der Waals surface area contributed by atoms with Crippen molar-refractivity contribution in [2.75, 3.05) is 0 Å². The molecular weight excluding hydrogens is 326 g/mol. The Morgan fingerprint density at radius 2 is 1.92 bits per heavy atom. The largest absolute Gasteiger partial charge is 0.438 e. The summed E-state index contributed by atoms with van der Waals surface area (Å²) in [5.41, 5.74) is 4.06. The number of aromatic amines is 1. The van der Waals surface area contributed by atoms with Crippen molar-refractivity contribution in [1.82, 2.24) is 20.2 Å². The first kappa shape index (κ1) is 16.0. The number of hydrogen-bond acceptors (Lipinski definition) is 5. The molecule has 7 heteroatoms. The fourth-order valence-corrected chi connectivity index (χ4v) is 2.72. The summed E-state index contributed by atoms with van der Waals surface area (Å²) in [6.07, 6.45) is 3.20. The van der Waals surface area contributed by atoms with Gasteiger partial charge in [-0.1, -0.05) is 0 Å². The normalized spacial score (nSPS) is 11.1. The first-order chi connectivity index (χ1) is 11.5. The lowest BCUT2D eigenvalue weighted by atomic mass is 10.1. The van der Waals surface area contributed by atoms with Gasteiger partial charge < -0.3 is 4.74 Å². The van der Waals surface area contributed by atoms with Crippen molar-refractivity contribution >= 4 is 28.7 Å². The van der Waals surface area contributed by atoms with Gasteiger partial charge in [-0.05, 0) is 67.3 Å². The fraction of sp³-hybridized carbons (Fsp3) is 0.176. The number of halogens is 1. The number of hydrogen-bond donors (Lipinski definition) is 1. The number of aromatic nitrogens is 4. The van der Waals surface area contributed by atoms with Crippen LogP contribution in [0.25, 0.3) is 17.1 Å². The molecule has 0 aliphatic carbocycles. The minimum absolute atomic E-state index is 0.0880. The van der Waals surface area contributed by atoms with E-state index in [-0.39, 0.29) is 5.28 Å². The van der Waals surface area contributed by atoms with E-state index in [0.717, 1.165) is 22.4 Å². The number of benzene rings is 1. The number of ether oxygens (including phenoxy) is 1. The standard InChI is InChI=1S/C17H14ClN5O/c1-9-7-12(5-4-6-19)8-10(2)14(9)24-16-13-11(3)22-23-15(13)20-17(18)21-16/h4-5,7-8H,1-3H3,(H,20,21,22,23)/b5-4+. The average molecular weight is 340 g/mol. The third-order valence-electron chi connectivity index (χ3n) is 3.57. The van der Waals surface area contributed by atoms with E-state index in [1.54, 1.807) is 6.08 Å². The molecule has 0 unspecified atom stereocenters. The van der Waals surface area contributed by atoms with Crippen molar-refractivity contribution in [2.45, 2.75) is 20.8 Å². The zero-order valence-corrected chi connectivity index (χ0v) is 14.1. The van der Waals surface area contributed by atoms with Gasteiger partial charge in [0.2, 0.25) is 11.2 Å². The highest BCUT2D eigenvalue weighted by molar-refractivity contribution is 6.28. The number of nitriles is 1. The van der Waals surface area contributed by atoms with Gasteiger partial charge in [-0.3, -0.25) is 5.10 Å². The van der Waals surface area contributed by atoms with Crippen molar-refractivity contribution in [3.8, 4) is 17.7 Å². The summed E-state index contributed by atoms with van der Waals surface area (Å²) in [6, 6.07) is 5.87. The molecule has 0 aliphatic heterocycles. The second-order valence-corrected chi connectivity index (χ2v) is 5.72. The molecule has 0 radical (unpaired) electrons. The van der Waals surface area contributed by atoms with Gasteiger partial charge in [0.05, 0.1) is 11.8 Å². The molecule has 0 fully saturated rings. The molecule has 0 amide bonds. The Labute approximate surface area is 143 Å². The molecule has 3 aromatic rings. The van der Waals surface area contributed by atoms with Gasteiger partial charge in [-0.15, -0.1) is 0 Å². The van der Waals surface area contributed by atoms with Crippen LogP contribution >= 0.6 is 11.6 Å². The number of H-pyrrole nitrogens is 1. The smallest absolute Gasteiger partial charge is 0.235 e. The zero-order chi connectivity index (χ0) is 17.3. The first-order valence-corrected chi connectivity index (χ1v) is 7.61.